The van der Waals surface area contributed by atoms with E-state index in [0.717, 1.165) is 11.5 Å². The molecule has 1 aromatic rings. The average Bonchev–Trinajstić information content (AvgIpc) is 1.85. The van der Waals surface area contributed by atoms with Gasteiger partial charge in [-0.15, -0.1) is 0 Å². The van der Waals surface area contributed by atoms with Crippen LogP contribution in [0.25, 0.3) is 0 Å². The summed E-state index contributed by atoms with van der Waals surface area (Å²) >= 11 is 0. The topological polar surface area (TPSA) is 26.0 Å². The highest BCUT2D eigenvalue weighted by Gasteiger charge is 1.97. The molecule has 1 heterocycles. The summed E-state index contributed by atoms with van der Waals surface area (Å²) in [5.74, 6) is 1.04. The second-order valence-corrected chi connectivity index (χ2v) is 1.69. The third-order valence-corrected chi connectivity index (χ3v) is 1.05. The molecular weight excluding hydrogens is 102 g/mol. The Bertz CT molecular complexity index is 171. The maximum atomic E-state index is 5.20. The summed E-state index contributed by atoms with van der Waals surface area (Å²) in [6.07, 6.45) is 0. The number of aryl methyl sites for hydroxylation is 2. The van der Waals surface area contributed by atoms with Gasteiger partial charge in [0.05, 0.1) is 12.6 Å². The van der Waals surface area contributed by atoms with Gasteiger partial charge in [0.25, 0.3) is 0 Å². The van der Waals surface area contributed by atoms with Gasteiger partial charge in [0.1, 0.15) is 5.76 Å². The molecular formula is C6H7NO. The molecule has 0 saturated heterocycles. The molecule has 42 valence electrons. The molecule has 0 spiro atoms. The summed E-state index contributed by atoms with van der Waals surface area (Å²) in [6.45, 7) is 8.89. The molecule has 0 N–H and O–H groups in total. The molecule has 0 saturated carbocycles. The minimum absolute atomic E-state index is 0.250. The van der Waals surface area contributed by atoms with E-state index in [4.69, 9.17) is 11.3 Å². The molecule has 0 aliphatic carbocycles. The fourth-order valence-electron chi connectivity index (χ4n) is 0.498. The molecule has 0 aliphatic rings. The fourth-order valence-corrected chi connectivity index (χ4v) is 0.498. The van der Waals surface area contributed by atoms with Gasteiger partial charge < -0.3 is 4.42 Å². The van der Waals surface area contributed by atoms with Crippen LogP contribution in [0.15, 0.2) is 4.42 Å². The molecule has 2 nitrogen and oxygen atoms in total. The highest BCUT2D eigenvalue weighted by Crippen LogP contribution is 2.05. The van der Waals surface area contributed by atoms with Crippen molar-refractivity contribution in [1.82, 2.24) is 4.98 Å². The van der Waals surface area contributed by atoms with Gasteiger partial charge in [0.15, 0.2) is 5.89 Å². The van der Waals surface area contributed by atoms with Crippen LogP contribution in [0.1, 0.15) is 17.3 Å². The van der Waals surface area contributed by atoms with Crippen molar-refractivity contribution in [2.75, 3.05) is 0 Å². The summed E-state index contributed by atoms with van der Waals surface area (Å²) in [7, 11) is 0. The molecule has 0 aliphatic heterocycles. The summed E-state index contributed by atoms with van der Waals surface area (Å²) in [4.78, 5) is 3.82. The lowest BCUT2D eigenvalue weighted by Crippen LogP contribution is -1.71. The van der Waals surface area contributed by atoms with Crippen molar-refractivity contribution < 1.29 is 4.42 Å². The molecule has 8 heavy (non-hydrogen) atoms. The van der Waals surface area contributed by atoms with Crippen molar-refractivity contribution in [3.8, 4) is 0 Å². The minimum Gasteiger partial charge on any atom is -0.445 e. The van der Waals surface area contributed by atoms with Gasteiger partial charge in [-0.05, 0) is 13.8 Å². The number of hydrogen-bond donors (Lipinski definition) is 0. The van der Waals surface area contributed by atoms with Gasteiger partial charge in [0, 0.05) is 0 Å². The Kier molecular flexibility index (Phi) is 1.08. The monoisotopic (exact) mass is 109 g/mol. The SMILES string of the molecule is [CH]c1nc(C)c(C)o1. The number of aromatic nitrogens is 1. The Balaban J connectivity index is 3.14. The predicted molar refractivity (Wildman–Crippen MR) is 29.4 cm³/mol. The van der Waals surface area contributed by atoms with Crippen molar-refractivity contribution >= 4 is 0 Å². The normalized spacial score (nSPS) is 9.88. The quantitative estimate of drug-likeness (QED) is 0.502. The molecule has 0 fully saturated rings. The molecule has 0 atom stereocenters. The van der Waals surface area contributed by atoms with Gasteiger partial charge in [-0.1, -0.05) is 0 Å². The highest BCUT2D eigenvalue weighted by atomic mass is 16.4. The third-order valence-electron chi connectivity index (χ3n) is 1.05. The highest BCUT2D eigenvalue weighted by molar-refractivity contribution is 5.06. The lowest BCUT2D eigenvalue weighted by molar-refractivity contribution is 0.507. The maximum absolute atomic E-state index is 5.20. The molecule has 2 radical (unpaired) electrons. The van der Waals surface area contributed by atoms with Crippen LogP contribution in [0.2, 0.25) is 0 Å². The zero-order valence-electron chi connectivity index (χ0n) is 4.93. The molecule has 2 heteroatoms. The second kappa shape index (κ2) is 1.62. The largest absolute Gasteiger partial charge is 0.445 e. The van der Waals surface area contributed by atoms with E-state index in [1.54, 1.807) is 0 Å². The second-order valence-electron chi connectivity index (χ2n) is 1.69. The van der Waals surface area contributed by atoms with E-state index >= 15 is 0 Å². The molecule has 0 unspecified atom stereocenters. The first-order chi connectivity index (χ1) is 3.70. The summed E-state index contributed by atoms with van der Waals surface area (Å²) in [5.41, 5.74) is 0.863. The fraction of sp³-hybridized carbons (Fsp3) is 0.333. The van der Waals surface area contributed by atoms with E-state index in [-0.39, 0.29) is 5.89 Å². The van der Waals surface area contributed by atoms with E-state index < -0.39 is 0 Å². The maximum Gasteiger partial charge on any atom is 0.199 e. The first-order valence-corrected chi connectivity index (χ1v) is 2.39. The van der Waals surface area contributed by atoms with Crippen molar-refractivity contribution in [2.45, 2.75) is 13.8 Å². The zero-order chi connectivity index (χ0) is 6.15. The third kappa shape index (κ3) is 0.735. The standard InChI is InChI=1S/C6H7NO/c1-4-5(2)8-6(3)7-4/h3H,1-2H3. The number of nitrogens with zero attached hydrogens (tertiary/aromatic N) is 1. The summed E-state index contributed by atoms with van der Waals surface area (Å²) < 4.78 is 4.88. The van der Waals surface area contributed by atoms with Crippen molar-refractivity contribution in [3.05, 3.63) is 24.3 Å². The number of rotatable bonds is 0. The van der Waals surface area contributed by atoms with Crippen LogP contribution >= 0.6 is 0 Å². The summed E-state index contributed by atoms with van der Waals surface area (Å²) in [5, 5.41) is 0. The number of hydrogen-bond acceptors (Lipinski definition) is 2. The van der Waals surface area contributed by atoms with Gasteiger partial charge in [-0.2, -0.15) is 0 Å². The van der Waals surface area contributed by atoms with Crippen LogP contribution in [0.3, 0.4) is 0 Å². The van der Waals surface area contributed by atoms with Crippen LogP contribution in [-0.2, 0) is 0 Å². The predicted octanol–water partition coefficient (Wildman–Crippen LogP) is 1.35. The van der Waals surface area contributed by atoms with E-state index in [1.807, 2.05) is 13.8 Å². The number of oxazole rings is 1. The Morgan fingerprint density at radius 2 is 2.12 bits per heavy atom. The average molecular weight is 109 g/mol. The zero-order valence-corrected chi connectivity index (χ0v) is 4.93. The van der Waals surface area contributed by atoms with Gasteiger partial charge in [-0.25, -0.2) is 4.98 Å². The summed E-state index contributed by atoms with van der Waals surface area (Å²) in [6, 6.07) is 0. The van der Waals surface area contributed by atoms with Gasteiger partial charge in [-0.3, -0.25) is 0 Å². The van der Waals surface area contributed by atoms with Crippen LogP contribution < -0.4 is 0 Å². The van der Waals surface area contributed by atoms with Gasteiger partial charge in [0.2, 0.25) is 0 Å². The van der Waals surface area contributed by atoms with Crippen LogP contribution in [0, 0.1) is 20.8 Å². The molecule has 0 bridgehead atoms. The Labute approximate surface area is 48.5 Å². The van der Waals surface area contributed by atoms with E-state index in [1.165, 1.54) is 0 Å². The van der Waals surface area contributed by atoms with Crippen LogP contribution in [-0.4, -0.2) is 4.98 Å². The molecule has 1 aromatic heterocycles. The Morgan fingerprint density at radius 1 is 1.50 bits per heavy atom. The van der Waals surface area contributed by atoms with Crippen molar-refractivity contribution in [2.24, 2.45) is 0 Å². The molecule has 1 rings (SSSR count). The smallest absolute Gasteiger partial charge is 0.199 e. The van der Waals surface area contributed by atoms with E-state index in [2.05, 4.69) is 4.98 Å². The van der Waals surface area contributed by atoms with Crippen LogP contribution in [0.4, 0.5) is 0 Å². The lowest BCUT2D eigenvalue weighted by Gasteiger charge is -1.77. The minimum atomic E-state index is 0.250. The molecule has 0 aromatic carbocycles. The van der Waals surface area contributed by atoms with E-state index in [9.17, 15) is 0 Å². The van der Waals surface area contributed by atoms with Gasteiger partial charge >= 0.3 is 0 Å². The van der Waals surface area contributed by atoms with Crippen LogP contribution in [0.5, 0.6) is 0 Å². The first-order valence-electron chi connectivity index (χ1n) is 2.39. The van der Waals surface area contributed by atoms with Crippen molar-refractivity contribution in [3.63, 3.8) is 0 Å². The Morgan fingerprint density at radius 3 is 2.25 bits per heavy atom. The van der Waals surface area contributed by atoms with E-state index in [0.29, 0.717) is 0 Å². The Hall–Kier alpha value is -0.790. The lowest BCUT2D eigenvalue weighted by atomic mass is 10.4. The first kappa shape index (κ1) is 5.35. The molecule has 0 amide bonds. The van der Waals surface area contributed by atoms with Crippen molar-refractivity contribution in [1.29, 1.82) is 0 Å².